The van der Waals surface area contributed by atoms with Gasteiger partial charge in [-0.15, -0.1) is 0 Å². The molecule has 1 aromatic rings. The molecule has 27 heavy (non-hydrogen) atoms. The molecule has 0 amide bonds. The van der Waals surface area contributed by atoms with Crippen molar-refractivity contribution in [3.8, 4) is 0 Å². The summed E-state index contributed by atoms with van der Waals surface area (Å²) in [6.07, 6.45) is 2.70. The maximum atomic E-state index is 11.7. The lowest BCUT2D eigenvalue weighted by atomic mass is 10.0. The first-order valence-corrected chi connectivity index (χ1v) is 9.50. The second-order valence-corrected chi connectivity index (χ2v) is 6.91. The Balaban J connectivity index is 1.59. The Morgan fingerprint density at radius 1 is 1.30 bits per heavy atom. The van der Waals surface area contributed by atoms with Gasteiger partial charge in [0, 0.05) is 18.9 Å². The van der Waals surface area contributed by atoms with E-state index in [1.165, 1.54) is 6.08 Å². The normalized spacial score (nSPS) is 26.8. The molecule has 0 spiro atoms. The van der Waals surface area contributed by atoms with Gasteiger partial charge in [0.15, 0.2) is 6.29 Å². The number of ether oxygens (including phenoxy) is 3. The lowest BCUT2D eigenvalue weighted by Gasteiger charge is -2.36. The van der Waals surface area contributed by atoms with E-state index in [1.54, 1.807) is 13.0 Å². The second-order valence-electron chi connectivity index (χ2n) is 6.91. The summed E-state index contributed by atoms with van der Waals surface area (Å²) in [4.78, 5) is 11.7. The summed E-state index contributed by atoms with van der Waals surface area (Å²) in [5.41, 5.74) is 1.13. The summed E-state index contributed by atoms with van der Waals surface area (Å²) in [5.74, 6) is -0.353. The molecule has 1 aromatic carbocycles. The van der Waals surface area contributed by atoms with E-state index in [2.05, 4.69) is 0 Å². The smallest absolute Gasteiger partial charge is 0.330 e. The number of aliphatic hydroxyl groups is 2. The molecule has 5 atom stereocenters. The molecule has 2 N–H and O–H groups in total. The van der Waals surface area contributed by atoms with Crippen LogP contribution in [0.5, 0.6) is 0 Å². The van der Waals surface area contributed by atoms with Crippen molar-refractivity contribution in [3.63, 3.8) is 0 Å². The number of carbonyl (C=O) groups is 1. The van der Waals surface area contributed by atoms with Crippen LogP contribution in [0.25, 0.3) is 0 Å². The molecule has 2 rings (SSSR count). The Bertz CT molecular complexity index is 588. The van der Waals surface area contributed by atoms with E-state index >= 15 is 0 Å². The largest absolute Gasteiger partial charge is 0.462 e. The van der Waals surface area contributed by atoms with E-state index in [9.17, 15) is 15.0 Å². The van der Waals surface area contributed by atoms with Gasteiger partial charge in [-0.3, -0.25) is 0 Å². The van der Waals surface area contributed by atoms with Crippen LogP contribution in [0, 0.1) is 0 Å². The van der Waals surface area contributed by atoms with Crippen molar-refractivity contribution in [2.45, 2.75) is 70.2 Å². The molecule has 1 aliphatic rings. The highest BCUT2D eigenvalue weighted by atomic mass is 16.7. The fourth-order valence-electron chi connectivity index (χ4n) is 2.84. The van der Waals surface area contributed by atoms with Gasteiger partial charge in [-0.2, -0.15) is 0 Å². The Morgan fingerprint density at radius 2 is 2.04 bits per heavy atom. The van der Waals surface area contributed by atoms with Crippen molar-refractivity contribution in [3.05, 3.63) is 48.0 Å². The topological polar surface area (TPSA) is 85.2 Å². The SMILES string of the molecule is C[C@H](CC/C=C/C(=O)OCCc1ccccc1)O[C@@H]1O[C@@H](C)[C@H](O)C[C@H]1O. The van der Waals surface area contributed by atoms with Crippen molar-refractivity contribution >= 4 is 5.97 Å². The van der Waals surface area contributed by atoms with E-state index in [-0.39, 0.29) is 24.6 Å². The molecule has 0 saturated carbocycles. The molecule has 0 aliphatic carbocycles. The molecule has 1 saturated heterocycles. The summed E-state index contributed by atoms with van der Waals surface area (Å²) in [6, 6.07) is 9.87. The van der Waals surface area contributed by atoms with Gasteiger partial charge in [0.25, 0.3) is 0 Å². The first-order valence-electron chi connectivity index (χ1n) is 9.50. The van der Waals surface area contributed by atoms with Crippen molar-refractivity contribution in [2.75, 3.05) is 6.61 Å². The van der Waals surface area contributed by atoms with Gasteiger partial charge in [0.2, 0.25) is 0 Å². The second kappa shape index (κ2) is 11.2. The minimum absolute atomic E-state index is 0.147. The fourth-order valence-corrected chi connectivity index (χ4v) is 2.84. The van der Waals surface area contributed by atoms with Crippen molar-refractivity contribution in [1.82, 2.24) is 0 Å². The number of aliphatic hydroxyl groups excluding tert-OH is 2. The van der Waals surface area contributed by atoms with E-state index in [1.807, 2.05) is 37.3 Å². The highest BCUT2D eigenvalue weighted by Crippen LogP contribution is 2.22. The van der Waals surface area contributed by atoms with Gasteiger partial charge in [-0.25, -0.2) is 4.79 Å². The van der Waals surface area contributed by atoms with Gasteiger partial charge < -0.3 is 24.4 Å². The first-order chi connectivity index (χ1) is 13.0. The van der Waals surface area contributed by atoms with Crippen LogP contribution in [0.1, 0.15) is 38.7 Å². The molecule has 1 fully saturated rings. The van der Waals surface area contributed by atoms with E-state index in [4.69, 9.17) is 14.2 Å². The third kappa shape index (κ3) is 7.81. The lowest BCUT2D eigenvalue weighted by Crippen LogP contribution is -2.48. The highest BCUT2D eigenvalue weighted by molar-refractivity contribution is 5.81. The number of allylic oxidation sites excluding steroid dienone is 1. The van der Waals surface area contributed by atoms with E-state index < -0.39 is 18.5 Å². The quantitative estimate of drug-likeness (QED) is 0.507. The van der Waals surface area contributed by atoms with Gasteiger partial charge in [0.1, 0.15) is 6.10 Å². The number of rotatable bonds is 9. The molecule has 6 heteroatoms. The summed E-state index contributed by atoms with van der Waals surface area (Å²) >= 11 is 0. The van der Waals surface area contributed by atoms with Crippen LogP contribution >= 0.6 is 0 Å². The first kappa shape index (κ1) is 21.6. The predicted octanol–water partition coefficient (Wildman–Crippen LogP) is 2.37. The third-order valence-electron chi connectivity index (χ3n) is 4.53. The summed E-state index contributed by atoms with van der Waals surface area (Å²) < 4.78 is 16.4. The van der Waals surface area contributed by atoms with Crippen molar-refractivity contribution in [1.29, 1.82) is 0 Å². The Kier molecular flexibility index (Phi) is 8.94. The number of hydrogen-bond acceptors (Lipinski definition) is 6. The summed E-state index contributed by atoms with van der Waals surface area (Å²) in [5, 5.41) is 19.6. The molecular weight excluding hydrogens is 348 g/mol. The maximum Gasteiger partial charge on any atom is 0.330 e. The maximum absolute atomic E-state index is 11.7. The number of hydrogen-bond donors (Lipinski definition) is 2. The Labute approximate surface area is 160 Å². The average Bonchev–Trinajstić information content (AvgIpc) is 2.64. The van der Waals surface area contributed by atoms with Crippen molar-refractivity contribution < 1.29 is 29.2 Å². The molecule has 6 nitrogen and oxygen atoms in total. The van der Waals surface area contributed by atoms with Crippen LogP contribution in [0.15, 0.2) is 42.5 Å². The number of esters is 1. The molecular formula is C21H30O6. The summed E-state index contributed by atoms with van der Waals surface area (Å²) in [7, 11) is 0. The monoisotopic (exact) mass is 378 g/mol. The van der Waals surface area contributed by atoms with Gasteiger partial charge in [-0.05, 0) is 32.3 Å². The minimum atomic E-state index is -0.839. The zero-order chi connectivity index (χ0) is 19.6. The molecule has 0 bridgehead atoms. The van der Waals surface area contributed by atoms with Crippen molar-refractivity contribution in [2.24, 2.45) is 0 Å². The number of benzene rings is 1. The average molecular weight is 378 g/mol. The molecule has 150 valence electrons. The highest BCUT2D eigenvalue weighted by Gasteiger charge is 2.35. The molecule has 0 radical (unpaired) electrons. The fraction of sp³-hybridized carbons (Fsp3) is 0.571. The number of carbonyl (C=O) groups excluding carboxylic acids is 1. The zero-order valence-electron chi connectivity index (χ0n) is 16.0. The molecule has 0 aromatic heterocycles. The summed E-state index contributed by atoms with van der Waals surface area (Å²) in [6.45, 7) is 4.00. The Hall–Kier alpha value is -1.73. The predicted molar refractivity (Wildman–Crippen MR) is 101 cm³/mol. The minimum Gasteiger partial charge on any atom is -0.462 e. The molecule has 1 heterocycles. The van der Waals surface area contributed by atoms with Gasteiger partial charge >= 0.3 is 5.97 Å². The zero-order valence-corrected chi connectivity index (χ0v) is 16.0. The molecule has 0 unspecified atom stereocenters. The molecule has 1 aliphatic heterocycles. The van der Waals surface area contributed by atoms with Crippen LogP contribution in [0.4, 0.5) is 0 Å². The van der Waals surface area contributed by atoms with Gasteiger partial charge in [-0.1, -0.05) is 36.4 Å². The van der Waals surface area contributed by atoms with Crippen LogP contribution in [-0.4, -0.2) is 53.5 Å². The van der Waals surface area contributed by atoms with Crippen LogP contribution < -0.4 is 0 Å². The Morgan fingerprint density at radius 3 is 2.78 bits per heavy atom. The van der Waals surface area contributed by atoms with Gasteiger partial charge in [0.05, 0.1) is 24.9 Å². The van der Waals surface area contributed by atoms with Crippen LogP contribution in [0.3, 0.4) is 0 Å². The van der Waals surface area contributed by atoms with Crippen LogP contribution in [0.2, 0.25) is 0 Å². The third-order valence-corrected chi connectivity index (χ3v) is 4.53. The van der Waals surface area contributed by atoms with E-state index in [0.717, 1.165) is 5.56 Å². The van der Waals surface area contributed by atoms with E-state index in [0.29, 0.717) is 25.9 Å². The lowest BCUT2D eigenvalue weighted by molar-refractivity contribution is -0.273. The van der Waals surface area contributed by atoms with Crippen LogP contribution in [-0.2, 0) is 25.4 Å². The standard InChI is InChI=1S/C21H30O6/c1-15(26-21-19(23)14-18(22)16(2)27-21)8-6-7-11-20(24)25-13-12-17-9-4-3-5-10-17/h3-5,7,9-11,15-16,18-19,21-23H,6,8,12-14H2,1-2H3/b11-7+/t15-,16+,18-,19-,21-/m1/s1.